The normalized spacial score (nSPS) is 27.3. The zero-order chi connectivity index (χ0) is 22.9. The molecule has 0 unspecified atom stereocenters. The molecule has 7 rings (SSSR count). The van der Waals surface area contributed by atoms with Gasteiger partial charge in [-0.2, -0.15) is 23.8 Å². The van der Waals surface area contributed by atoms with Crippen LogP contribution in [0.3, 0.4) is 0 Å². The molecule has 0 amide bonds. The van der Waals surface area contributed by atoms with Gasteiger partial charge in [-0.3, -0.25) is 0 Å². The number of fused-ring (bicyclic) bond motifs is 3. The fraction of sp³-hybridized carbons (Fsp3) is 0.576. The van der Waals surface area contributed by atoms with Crippen molar-refractivity contribution < 1.29 is 21.7 Å². The second kappa shape index (κ2) is 10.5. The van der Waals surface area contributed by atoms with E-state index >= 15 is 0 Å². The molecule has 0 aromatic heterocycles. The third-order valence-electron chi connectivity index (χ3n) is 8.50. The number of hydrogen-bond donors (Lipinski definition) is 0. The van der Waals surface area contributed by atoms with Crippen molar-refractivity contribution in [1.82, 2.24) is 0 Å². The van der Waals surface area contributed by atoms with Gasteiger partial charge in [0.2, 0.25) is 0 Å². The molecule has 4 bridgehead atoms. The van der Waals surface area contributed by atoms with Crippen molar-refractivity contribution in [3.63, 3.8) is 0 Å². The Hall–Kier alpha value is -0.886. The molecule has 0 saturated heterocycles. The molecule has 0 atom stereocenters. The van der Waals surface area contributed by atoms with E-state index in [1.165, 1.54) is 71.9 Å². The Morgan fingerprint density at radius 2 is 1.29 bits per heavy atom. The van der Waals surface area contributed by atoms with Crippen LogP contribution >= 0.6 is 0 Å². The predicted octanol–water partition coefficient (Wildman–Crippen LogP) is 9.56. The molecule has 1 N–H and O–H groups in total. The van der Waals surface area contributed by atoms with E-state index in [1.54, 1.807) is 0 Å². The van der Waals surface area contributed by atoms with Gasteiger partial charge in [-0.1, -0.05) is 84.6 Å². The van der Waals surface area contributed by atoms with E-state index in [4.69, 9.17) is 5.73 Å². The molecule has 2 aromatic rings. The van der Waals surface area contributed by atoms with Crippen molar-refractivity contribution in [2.75, 3.05) is 0 Å². The van der Waals surface area contributed by atoms with Crippen LogP contribution in [-0.4, -0.2) is 5.54 Å². The largest absolute Gasteiger partial charge is 4.00 e. The number of rotatable bonds is 0. The molecule has 0 spiro atoms. The molecule has 5 aliphatic rings. The summed E-state index contributed by atoms with van der Waals surface area (Å²) >= 11 is 0. The van der Waals surface area contributed by atoms with Crippen molar-refractivity contribution in [3.05, 3.63) is 79.2 Å². The van der Waals surface area contributed by atoms with Gasteiger partial charge in [-0.15, -0.1) is 16.7 Å². The first-order chi connectivity index (χ1) is 14.9. The van der Waals surface area contributed by atoms with Crippen molar-refractivity contribution in [2.45, 2.75) is 103 Å². The van der Waals surface area contributed by atoms with Crippen LogP contribution < -0.4 is 0 Å². The molecule has 35 heavy (non-hydrogen) atoms. The molecular weight excluding hydrogens is 458 g/mol. The minimum atomic E-state index is 0. The standard InChI is InChI=1S/C21H25.C10H16N.2CH3.Ti/c1-20(2,3)16-7-9-18-14(12-16)11-15-13-17(21(4,5)6)8-10-19(15)18;11-10-4-7-1-8(5-10)3-9(2-7)6-10;;;/h7-10,12H,11H2,1-6H3;7-9,11H,1-6H2;2*1H3;/q4*-1;+4. The van der Waals surface area contributed by atoms with Crippen molar-refractivity contribution in [3.8, 4) is 11.1 Å². The van der Waals surface area contributed by atoms with E-state index in [2.05, 4.69) is 77.9 Å². The summed E-state index contributed by atoms with van der Waals surface area (Å²) in [6.07, 6.45) is 9.14. The smallest absolute Gasteiger partial charge is 0.672 e. The Bertz CT molecular complexity index is 924. The first kappa shape index (κ1) is 30.3. The molecule has 4 fully saturated rings. The van der Waals surface area contributed by atoms with Crippen molar-refractivity contribution >= 4 is 0 Å². The average Bonchev–Trinajstić information content (AvgIpc) is 3.02. The summed E-state index contributed by atoms with van der Waals surface area (Å²) in [7, 11) is 0. The van der Waals surface area contributed by atoms with Crippen molar-refractivity contribution in [1.29, 1.82) is 0 Å². The number of nitrogens with one attached hydrogen (secondary N) is 1. The van der Waals surface area contributed by atoms with Gasteiger partial charge in [0.15, 0.2) is 0 Å². The van der Waals surface area contributed by atoms with E-state index in [-0.39, 0.29) is 52.9 Å². The maximum atomic E-state index is 8.21. The van der Waals surface area contributed by atoms with Crippen LogP contribution in [0.1, 0.15) is 102 Å². The Labute approximate surface area is 231 Å². The van der Waals surface area contributed by atoms with Gasteiger partial charge in [-0.25, -0.2) is 0 Å². The summed E-state index contributed by atoms with van der Waals surface area (Å²) in [6.45, 7) is 13.6. The van der Waals surface area contributed by atoms with Crippen LogP contribution in [0.15, 0.2) is 30.3 Å². The first-order valence-corrected chi connectivity index (χ1v) is 12.8. The zero-order valence-corrected chi connectivity index (χ0v) is 25.1. The third kappa shape index (κ3) is 6.16. The van der Waals surface area contributed by atoms with Gasteiger partial charge < -0.3 is 20.6 Å². The zero-order valence-electron chi connectivity index (χ0n) is 23.6. The van der Waals surface area contributed by atoms with Gasteiger partial charge in [-0.05, 0) is 65.4 Å². The summed E-state index contributed by atoms with van der Waals surface area (Å²) in [5, 5.41) is 0. The van der Waals surface area contributed by atoms with E-state index in [9.17, 15) is 0 Å². The second-order valence-corrected chi connectivity index (χ2v) is 13.5. The molecule has 1 nitrogen and oxygen atoms in total. The second-order valence-electron chi connectivity index (χ2n) is 13.5. The van der Waals surface area contributed by atoms with E-state index in [0.717, 1.165) is 24.2 Å². The fourth-order valence-electron chi connectivity index (χ4n) is 7.14. The van der Waals surface area contributed by atoms with Crippen LogP contribution in [0, 0.1) is 38.7 Å². The average molecular weight is 506 g/mol. The van der Waals surface area contributed by atoms with Gasteiger partial charge in [0.25, 0.3) is 0 Å². The molecule has 5 aliphatic carbocycles. The van der Waals surface area contributed by atoms with E-state index in [0.29, 0.717) is 0 Å². The summed E-state index contributed by atoms with van der Waals surface area (Å²) < 4.78 is 0. The van der Waals surface area contributed by atoms with Crippen LogP contribution in [0.4, 0.5) is 0 Å². The van der Waals surface area contributed by atoms with Crippen LogP contribution in [0.25, 0.3) is 16.9 Å². The molecule has 0 aliphatic heterocycles. The summed E-state index contributed by atoms with van der Waals surface area (Å²) in [5.41, 5.74) is 17.0. The van der Waals surface area contributed by atoms with Crippen LogP contribution in [0.5, 0.6) is 0 Å². The Morgan fingerprint density at radius 3 is 1.74 bits per heavy atom. The summed E-state index contributed by atoms with van der Waals surface area (Å²) in [5.74, 6) is 2.87. The molecule has 0 radical (unpaired) electrons. The molecule has 188 valence electrons. The van der Waals surface area contributed by atoms with E-state index in [1.807, 2.05) is 0 Å². The monoisotopic (exact) mass is 505 g/mol. The Balaban J connectivity index is 0.000000262. The topological polar surface area (TPSA) is 23.8 Å². The molecule has 2 heteroatoms. The van der Waals surface area contributed by atoms with Gasteiger partial charge in [0.1, 0.15) is 0 Å². The van der Waals surface area contributed by atoms with E-state index < -0.39 is 0 Å². The van der Waals surface area contributed by atoms with Crippen molar-refractivity contribution in [2.24, 2.45) is 17.8 Å². The minimum Gasteiger partial charge on any atom is -0.672 e. The molecular formula is C33H47NTi. The molecule has 2 aromatic carbocycles. The first-order valence-electron chi connectivity index (χ1n) is 12.8. The Morgan fingerprint density at radius 1 is 0.771 bits per heavy atom. The molecule has 0 heterocycles. The van der Waals surface area contributed by atoms with Gasteiger partial charge in [0.05, 0.1) is 0 Å². The Kier molecular flexibility index (Phi) is 9.08. The fourth-order valence-corrected chi connectivity index (χ4v) is 7.14. The quantitative estimate of drug-likeness (QED) is 0.215. The third-order valence-corrected chi connectivity index (χ3v) is 8.50. The molecule has 4 saturated carbocycles. The summed E-state index contributed by atoms with van der Waals surface area (Å²) in [6, 6.07) is 15.2. The van der Waals surface area contributed by atoms with Crippen LogP contribution in [-0.2, 0) is 39.0 Å². The SMILES string of the molecule is CC(C)(C)c1[c-]c2c(cc1)-c1ccc(C(C)(C)C)cc1C2.[CH3-].[CH3-].[NH-]C12CC3CC(CC(C3)C1)C2.[Ti+4]. The van der Waals surface area contributed by atoms with Gasteiger partial charge in [0, 0.05) is 0 Å². The minimum absolute atomic E-state index is 0. The maximum Gasteiger partial charge on any atom is 4.00 e. The van der Waals surface area contributed by atoms with Crippen LogP contribution in [0.2, 0.25) is 0 Å². The number of hydrogen-bond acceptors (Lipinski definition) is 0. The summed E-state index contributed by atoms with van der Waals surface area (Å²) in [4.78, 5) is 0. The number of benzene rings is 2. The van der Waals surface area contributed by atoms with Gasteiger partial charge >= 0.3 is 21.7 Å². The predicted molar refractivity (Wildman–Crippen MR) is 149 cm³/mol. The maximum absolute atomic E-state index is 8.21.